The molecule has 3 heterocycles. The van der Waals surface area contributed by atoms with E-state index in [2.05, 4.69) is 47.6 Å². The molecule has 7 aliphatic rings. The van der Waals surface area contributed by atoms with Gasteiger partial charge in [0.25, 0.3) is 0 Å². The molecule has 18 nitrogen and oxygen atoms in total. The summed E-state index contributed by atoms with van der Waals surface area (Å²) in [5.41, 5.74) is -2.05. The van der Waals surface area contributed by atoms with Gasteiger partial charge in [0.05, 0.1) is 37.6 Å². The van der Waals surface area contributed by atoms with Crippen molar-refractivity contribution < 1.29 is 89.8 Å². The van der Waals surface area contributed by atoms with Gasteiger partial charge in [-0.15, -0.1) is 0 Å². The molecule has 0 amide bonds. The highest BCUT2D eigenvalue weighted by molar-refractivity contribution is 5.88. The first kappa shape index (κ1) is 52.6. The average molecular weight is 945 g/mol. The maximum absolute atomic E-state index is 15.0. The van der Waals surface area contributed by atoms with E-state index in [0.717, 1.165) is 18.4 Å². The molecular formula is C48H80O18. The second-order valence-electron chi connectivity index (χ2n) is 22.9. The van der Waals surface area contributed by atoms with E-state index >= 15 is 4.79 Å². The highest BCUT2D eigenvalue weighted by Gasteiger charge is 2.70. The number of rotatable bonds is 13. The lowest BCUT2D eigenvalue weighted by atomic mass is 9.38. The molecular weight excluding hydrogens is 865 g/mol. The number of ketones is 1. The van der Waals surface area contributed by atoms with Crippen molar-refractivity contribution in [1.29, 1.82) is 0 Å². The fourth-order valence-electron chi connectivity index (χ4n) is 14.4. The lowest BCUT2D eigenvalue weighted by molar-refractivity contribution is -0.319. The summed E-state index contributed by atoms with van der Waals surface area (Å²) in [6.45, 7) is 14.6. The Hall–Kier alpha value is -1.27. The largest absolute Gasteiger partial charge is 0.394 e. The van der Waals surface area contributed by atoms with Gasteiger partial charge in [0, 0.05) is 23.2 Å². The minimum atomic E-state index is -1.71. The Bertz CT molecular complexity index is 1740. The van der Waals surface area contributed by atoms with Crippen molar-refractivity contribution in [3.63, 3.8) is 0 Å². The molecule has 0 radical (unpaired) electrons. The number of allylic oxidation sites excluding steroid dienone is 1. The van der Waals surface area contributed by atoms with Crippen LogP contribution in [-0.4, -0.2) is 191 Å². The van der Waals surface area contributed by atoms with Gasteiger partial charge in [-0.1, -0.05) is 53.2 Å². The van der Waals surface area contributed by atoms with Gasteiger partial charge in [0.1, 0.15) is 79.0 Å². The van der Waals surface area contributed by atoms with Gasteiger partial charge in [-0.25, -0.2) is 0 Å². The van der Waals surface area contributed by atoms with Crippen molar-refractivity contribution in [3.8, 4) is 0 Å². The molecule has 0 aromatic rings. The second kappa shape index (κ2) is 19.1. The summed E-state index contributed by atoms with van der Waals surface area (Å²) in [5.74, 6) is -0.263. The minimum Gasteiger partial charge on any atom is -0.394 e. The van der Waals surface area contributed by atoms with Crippen LogP contribution in [0.3, 0.4) is 0 Å². The van der Waals surface area contributed by atoms with Crippen LogP contribution in [-0.2, 0) is 28.5 Å². The Morgan fingerprint density at radius 3 is 1.86 bits per heavy atom. The van der Waals surface area contributed by atoms with Gasteiger partial charge in [-0.3, -0.25) is 4.79 Å². The molecule has 3 saturated heterocycles. The number of aliphatic hydroxyl groups is 12. The number of fused-ring (bicyclic) bond motifs is 5. The lowest BCUT2D eigenvalue weighted by Gasteiger charge is -2.65. The van der Waals surface area contributed by atoms with E-state index in [0.29, 0.717) is 38.5 Å². The van der Waals surface area contributed by atoms with Crippen LogP contribution in [0.1, 0.15) is 107 Å². The molecule has 66 heavy (non-hydrogen) atoms. The maximum Gasteiger partial charge on any atom is 0.187 e. The summed E-state index contributed by atoms with van der Waals surface area (Å²) in [6, 6.07) is 0. The number of carbonyl (C=O) groups is 1. The van der Waals surface area contributed by atoms with Gasteiger partial charge in [-0.2, -0.15) is 0 Å². The Kier molecular flexibility index (Phi) is 15.2. The molecule has 0 aromatic heterocycles. The zero-order chi connectivity index (χ0) is 48.8. The summed E-state index contributed by atoms with van der Waals surface area (Å²) in [6.07, 6.45) is -15.0. The predicted molar refractivity (Wildman–Crippen MR) is 233 cm³/mol. The monoisotopic (exact) mass is 945 g/mol. The molecule has 380 valence electrons. The summed E-state index contributed by atoms with van der Waals surface area (Å²) in [5, 5.41) is 127. The fourth-order valence-corrected chi connectivity index (χ4v) is 14.4. The Morgan fingerprint density at radius 1 is 0.712 bits per heavy atom. The third-order valence-corrected chi connectivity index (χ3v) is 18.8. The van der Waals surface area contributed by atoms with Gasteiger partial charge >= 0.3 is 0 Å². The molecule has 3 aliphatic heterocycles. The SMILES string of the molecule is C[C@H](CC[C@H]([C@@H]1O[C@H](CO[C@@H]2O[C@H](CO)[C@@H](O)[C@H](O)[C@H]2O)[C@@H](O)[C@H](O)[C@H]1O)C(C)(C)O)[C@H]1CC[C@@]2(C)[C@@H]3CC=C4[C@@H](CC[C@H](O[C@@H]5O[C@H](CO)[C@@H](O)[C@H](O)[C@H]5O)C4(C)C)[C@]3(C)C(=O)C[C@]12C. The maximum atomic E-state index is 15.0. The third-order valence-electron chi connectivity index (χ3n) is 18.8. The molecule has 3 saturated carbocycles. The normalized spacial score (nSPS) is 50.5. The third kappa shape index (κ3) is 8.60. The average Bonchev–Trinajstić information content (AvgIpc) is 3.53. The van der Waals surface area contributed by atoms with Crippen LogP contribution in [0.15, 0.2) is 11.6 Å². The van der Waals surface area contributed by atoms with E-state index in [1.165, 1.54) is 0 Å². The molecule has 24 atom stereocenters. The number of ether oxygens (including phenoxy) is 5. The number of aliphatic hydroxyl groups excluding tert-OH is 11. The van der Waals surface area contributed by atoms with E-state index in [-0.39, 0.29) is 40.3 Å². The molecule has 0 unspecified atom stereocenters. The number of hydrogen-bond acceptors (Lipinski definition) is 18. The van der Waals surface area contributed by atoms with Gasteiger partial charge in [0.2, 0.25) is 0 Å². The molecule has 0 bridgehead atoms. The molecule has 6 fully saturated rings. The van der Waals surface area contributed by atoms with E-state index in [4.69, 9.17) is 23.7 Å². The zero-order valence-electron chi connectivity index (χ0n) is 39.8. The van der Waals surface area contributed by atoms with Gasteiger partial charge in [-0.05, 0) is 93.3 Å². The van der Waals surface area contributed by atoms with Crippen LogP contribution < -0.4 is 0 Å². The summed E-state index contributed by atoms with van der Waals surface area (Å²) < 4.78 is 29.5. The Labute approximate surface area is 387 Å². The standard InChI is InChI=1S/C48H80O18/c1-21(9-10-25(45(4,5)61)41-38(58)35(55)34(54)28(63-41)20-62-42-39(59)36(56)32(52)26(18-49)64-42)22-15-16-46(6)29-13-11-23-24(48(29,8)30(51)17-47(22,46)7)12-14-31(44(23,2)3)66-43-40(60)37(57)33(53)27(19-50)65-43/h11,21-22,24-29,31-43,49-50,52-61H,9-10,12-20H2,1-8H3/t21-,22-,24-,25-,26-,27-,28-,29+,31+,32-,33-,34-,35+,36+,37+,38-,39-,40-,41+,42-,43+,46+,47-,48+/m1/s1. The summed E-state index contributed by atoms with van der Waals surface area (Å²) >= 11 is 0. The van der Waals surface area contributed by atoms with Crippen molar-refractivity contribution in [1.82, 2.24) is 0 Å². The van der Waals surface area contributed by atoms with E-state index in [9.17, 15) is 61.3 Å². The Morgan fingerprint density at radius 2 is 1.27 bits per heavy atom. The highest BCUT2D eigenvalue weighted by atomic mass is 16.7. The topological polar surface area (TPSA) is 306 Å². The summed E-state index contributed by atoms with van der Waals surface area (Å²) in [4.78, 5) is 15.0. The fraction of sp³-hybridized carbons (Fsp3) is 0.938. The van der Waals surface area contributed by atoms with Crippen molar-refractivity contribution in [3.05, 3.63) is 11.6 Å². The second-order valence-corrected chi connectivity index (χ2v) is 22.9. The number of carbonyl (C=O) groups excluding carboxylic acids is 1. The van der Waals surface area contributed by atoms with E-state index < -0.39 is 140 Å². The quantitative estimate of drug-likeness (QED) is 0.103. The van der Waals surface area contributed by atoms with Crippen molar-refractivity contribution in [2.75, 3.05) is 19.8 Å². The summed E-state index contributed by atoms with van der Waals surface area (Å²) in [7, 11) is 0. The lowest BCUT2D eigenvalue weighted by Crippen LogP contribution is -2.64. The molecule has 4 aliphatic carbocycles. The number of Topliss-reactive ketones (excluding diaryl/α,β-unsaturated/α-hetero) is 1. The van der Waals surface area contributed by atoms with Crippen LogP contribution in [0.25, 0.3) is 0 Å². The molecule has 0 spiro atoms. The zero-order valence-corrected chi connectivity index (χ0v) is 39.8. The van der Waals surface area contributed by atoms with Crippen LogP contribution in [0.5, 0.6) is 0 Å². The van der Waals surface area contributed by atoms with Gasteiger partial charge < -0.3 is 85.0 Å². The van der Waals surface area contributed by atoms with E-state index in [1.54, 1.807) is 13.8 Å². The van der Waals surface area contributed by atoms with Gasteiger partial charge in [0.15, 0.2) is 12.6 Å². The number of hydrogen-bond donors (Lipinski definition) is 12. The first-order valence-corrected chi connectivity index (χ1v) is 24.2. The molecule has 18 heteroatoms. The highest BCUT2D eigenvalue weighted by Crippen LogP contribution is 2.74. The van der Waals surface area contributed by atoms with E-state index in [1.807, 2.05) is 0 Å². The van der Waals surface area contributed by atoms with Crippen LogP contribution >= 0.6 is 0 Å². The smallest absolute Gasteiger partial charge is 0.187 e. The first-order chi connectivity index (χ1) is 30.7. The molecule has 12 N–H and O–H groups in total. The van der Waals surface area contributed by atoms with Crippen molar-refractivity contribution in [2.45, 2.75) is 210 Å². The Balaban J connectivity index is 1.04. The first-order valence-electron chi connectivity index (χ1n) is 24.2. The van der Waals surface area contributed by atoms with Crippen LogP contribution in [0.2, 0.25) is 0 Å². The minimum absolute atomic E-state index is 0.0407. The van der Waals surface area contributed by atoms with Crippen LogP contribution in [0, 0.1) is 51.2 Å². The molecule has 7 rings (SSSR count). The van der Waals surface area contributed by atoms with Crippen molar-refractivity contribution >= 4 is 5.78 Å². The molecule has 0 aromatic carbocycles. The predicted octanol–water partition coefficient (Wildman–Crippen LogP) is -0.574. The van der Waals surface area contributed by atoms with Crippen molar-refractivity contribution in [2.24, 2.45) is 51.2 Å². The van der Waals surface area contributed by atoms with Crippen LogP contribution in [0.4, 0.5) is 0 Å².